The van der Waals surface area contributed by atoms with Gasteiger partial charge in [0.1, 0.15) is 12.0 Å². The molecule has 0 bridgehead atoms. The van der Waals surface area contributed by atoms with Crippen LogP contribution < -0.4 is 16.0 Å². The Morgan fingerprint density at radius 3 is 2.43 bits per heavy atom. The summed E-state index contributed by atoms with van der Waals surface area (Å²) in [5, 5.41) is 8.32. The van der Waals surface area contributed by atoms with E-state index < -0.39 is 15.9 Å². The first kappa shape index (κ1) is 19.3. The van der Waals surface area contributed by atoms with Crippen LogP contribution in [0.5, 0.6) is 0 Å². The summed E-state index contributed by atoms with van der Waals surface area (Å²) in [5.74, 6) is -0.743. The first-order valence-corrected chi connectivity index (χ1v) is 8.63. The van der Waals surface area contributed by atoms with E-state index in [0.29, 0.717) is 0 Å². The normalized spacial score (nSPS) is 12.4. The van der Waals surface area contributed by atoms with E-state index in [0.717, 1.165) is 9.26 Å². The van der Waals surface area contributed by atoms with Gasteiger partial charge in [-0.25, -0.2) is 0 Å². The molecule has 0 aromatic heterocycles. The molecular weight excluding hydrogens is 491 g/mol. The van der Waals surface area contributed by atoms with Crippen LogP contribution in [-0.4, -0.2) is 26.9 Å². The largest absolute Gasteiger partial charge is 0.339 e. The number of thiocarbonyl (C=S) groups is 1. The molecule has 1 amide bonds. The summed E-state index contributed by atoms with van der Waals surface area (Å²) in [5.41, 5.74) is 0.794. The van der Waals surface area contributed by atoms with Gasteiger partial charge in [0.15, 0.2) is 5.11 Å². The summed E-state index contributed by atoms with van der Waals surface area (Å²) in [6, 6.07) is 7.51. The molecule has 1 rings (SSSR count). The van der Waals surface area contributed by atoms with Crippen molar-refractivity contribution in [3.05, 3.63) is 27.8 Å². The molecule has 0 saturated carbocycles. The van der Waals surface area contributed by atoms with Crippen LogP contribution in [0.15, 0.2) is 24.3 Å². The highest BCUT2D eigenvalue weighted by Crippen LogP contribution is 2.29. The van der Waals surface area contributed by atoms with Crippen molar-refractivity contribution in [1.29, 1.82) is 0 Å². The average molecular weight is 501 g/mol. The Morgan fingerprint density at radius 1 is 1.29 bits per heavy atom. The molecule has 0 fully saturated rings. The molecule has 0 spiro atoms. The summed E-state index contributed by atoms with van der Waals surface area (Å²) in [6.07, 6.45) is -1.02. The first-order valence-electron chi connectivity index (χ1n) is 5.48. The van der Waals surface area contributed by atoms with Crippen molar-refractivity contribution in [1.82, 2.24) is 10.6 Å². The number of alkyl halides is 4. The molecule has 4 nitrogen and oxygen atoms in total. The molecule has 1 aromatic carbocycles. The van der Waals surface area contributed by atoms with Crippen LogP contribution in [0.4, 0.5) is 5.69 Å². The van der Waals surface area contributed by atoms with Crippen molar-refractivity contribution in [3.63, 3.8) is 0 Å². The van der Waals surface area contributed by atoms with E-state index in [-0.39, 0.29) is 11.0 Å². The number of benzene rings is 1. The van der Waals surface area contributed by atoms with Crippen molar-refractivity contribution in [2.45, 2.75) is 9.96 Å². The summed E-state index contributed by atoms with van der Waals surface area (Å²) in [6.45, 7) is 0. The number of rotatable bonds is 4. The second-order valence-electron chi connectivity index (χ2n) is 3.75. The van der Waals surface area contributed by atoms with Gasteiger partial charge < -0.3 is 16.0 Å². The van der Waals surface area contributed by atoms with Crippen LogP contribution in [0, 0.1) is 3.57 Å². The first-order chi connectivity index (χ1) is 9.74. The van der Waals surface area contributed by atoms with E-state index in [4.69, 9.17) is 58.6 Å². The molecule has 21 heavy (non-hydrogen) atoms. The van der Waals surface area contributed by atoms with Gasteiger partial charge in [0.25, 0.3) is 0 Å². The van der Waals surface area contributed by atoms with Gasteiger partial charge in [0.2, 0.25) is 9.70 Å². The minimum atomic E-state index is -1.79. The average Bonchev–Trinajstić information content (AvgIpc) is 2.39. The lowest BCUT2D eigenvalue weighted by molar-refractivity contribution is -0.119. The highest BCUT2D eigenvalue weighted by molar-refractivity contribution is 14.1. The number of nitrogens with one attached hydrogen (secondary N) is 3. The van der Waals surface area contributed by atoms with Crippen molar-refractivity contribution in [3.8, 4) is 0 Å². The maximum atomic E-state index is 11.3. The summed E-state index contributed by atoms with van der Waals surface area (Å²) < 4.78 is -0.827. The third kappa shape index (κ3) is 6.92. The molecule has 0 heterocycles. The molecule has 0 aliphatic carbocycles. The fourth-order valence-electron chi connectivity index (χ4n) is 1.25. The Morgan fingerprint density at radius 2 is 1.90 bits per heavy atom. The van der Waals surface area contributed by atoms with Gasteiger partial charge in [-0.05, 0) is 46.9 Å². The van der Waals surface area contributed by atoms with E-state index in [9.17, 15) is 4.79 Å². The number of hydrogen-bond acceptors (Lipinski definition) is 2. The zero-order chi connectivity index (χ0) is 16.0. The molecule has 1 aromatic rings. The standard InChI is InChI=1S/C11H10Cl4IN3OS/c12-5-8(20)18-9(11(13,14)15)19-10(21)17-7-4-2-1-3-6(7)16/h1-4,9H,5H2,(H,18,20)(H2,17,19,21)/t9-/m1/s1. The van der Waals surface area contributed by atoms with E-state index >= 15 is 0 Å². The van der Waals surface area contributed by atoms with Gasteiger partial charge in [-0.15, -0.1) is 11.6 Å². The quantitative estimate of drug-likeness (QED) is 0.256. The Bertz CT molecular complexity index is 526. The van der Waals surface area contributed by atoms with E-state index in [2.05, 4.69) is 38.5 Å². The fourth-order valence-corrected chi connectivity index (χ4v) is 2.41. The number of carbonyl (C=O) groups is 1. The second kappa shape index (κ2) is 8.79. The van der Waals surface area contributed by atoms with Gasteiger partial charge in [-0.1, -0.05) is 46.9 Å². The molecule has 10 heteroatoms. The molecular formula is C11H10Cl4IN3OS. The number of anilines is 1. The van der Waals surface area contributed by atoms with Crippen molar-refractivity contribution in [2.24, 2.45) is 0 Å². The highest BCUT2D eigenvalue weighted by Gasteiger charge is 2.34. The minimum Gasteiger partial charge on any atom is -0.339 e. The van der Waals surface area contributed by atoms with E-state index in [1.807, 2.05) is 24.3 Å². The fraction of sp³-hybridized carbons (Fsp3) is 0.273. The number of halogens is 5. The van der Waals surface area contributed by atoms with Crippen molar-refractivity contribution < 1.29 is 4.79 Å². The van der Waals surface area contributed by atoms with Crippen LogP contribution in [0.25, 0.3) is 0 Å². The molecule has 0 aliphatic rings. The topological polar surface area (TPSA) is 53.2 Å². The molecule has 116 valence electrons. The number of amides is 1. The number of hydrogen-bond donors (Lipinski definition) is 3. The number of para-hydroxylation sites is 1. The number of carbonyl (C=O) groups excluding carboxylic acids is 1. The van der Waals surface area contributed by atoms with Gasteiger partial charge in [0.05, 0.1) is 5.69 Å². The predicted molar refractivity (Wildman–Crippen MR) is 101 cm³/mol. The summed E-state index contributed by atoms with van der Waals surface area (Å²) in [4.78, 5) is 11.3. The predicted octanol–water partition coefficient (Wildman–Crippen LogP) is 3.63. The molecule has 3 N–H and O–H groups in total. The van der Waals surface area contributed by atoms with Gasteiger partial charge in [-0.2, -0.15) is 0 Å². The third-order valence-electron chi connectivity index (χ3n) is 2.15. The minimum absolute atomic E-state index is 0.199. The lowest BCUT2D eigenvalue weighted by Gasteiger charge is -2.27. The maximum absolute atomic E-state index is 11.3. The lowest BCUT2D eigenvalue weighted by Crippen LogP contribution is -2.56. The maximum Gasteiger partial charge on any atom is 0.236 e. The van der Waals surface area contributed by atoms with Gasteiger partial charge in [0, 0.05) is 3.57 Å². The van der Waals surface area contributed by atoms with Crippen LogP contribution in [0.3, 0.4) is 0 Å². The Labute approximate surface area is 161 Å². The molecule has 0 unspecified atom stereocenters. The van der Waals surface area contributed by atoms with Crippen LogP contribution in [-0.2, 0) is 4.79 Å². The smallest absolute Gasteiger partial charge is 0.236 e. The lowest BCUT2D eigenvalue weighted by atomic mass is 10.3. The Kier molecular flexibility index (Phi) is 8.08. The SMILES string of the molecule is O=C(CCl)N[C@H](NC(=S)Nc1ccccc1I)C(Cl)(Cl)Cl. The van der Waals surface area contributed by atoms with Crippen LogP contribution in [0.2, 0.25) is 0 Å². The van der Waals surface area contributed by atoms with Crippen LogP contribution >= 0.6 is 81.2 Å². The molecule has 1 atom stereocenters. The van der Waals surface area contributed by atoms with E-state index in [1.54, 1.807) is 0 Å². The van der Waals surface area contributed by atoms with Gasteiger partial charge in [-0.3, -0.25) is 4.79 Å². The second-order valence-corrected chi connectivity index (χ2v) is 7.96. The monoisotopic (exact) mass is 499 g/mol. The molecule has 0 radical (unpaired) electrons. The molecule has 0 saturated heterocycles. The third-order valence-corrected chi connectivity index (χ3v) is 4.21. The van der Waals surface area contributed by atoms with Gasteiger partial charge >= 0.3 is 0 Å². The summed E-state index contributed by atoms with van der Waals surface area (Å²) >= 11 is 30.1. The van der Waals surface area contributed by atoms with E-state index in [1.165, 1.54) is 0 Å². The Hall–Kier alpha value is 0.270. The zero-order valence-electron chi connectivity index (χ0n) is 10.3. The Balaban J connectivity index is 2.73. The highest BCUT2D eigenvalue weighted by atomic mass is 127. The van der Waals surface area contributed by atoms with Crippen LogP contribution in [0.1, 0.15) is 0 Å². The summed E-state index contributed by atoms with van der Waals surface area (Å²) in [7, 11) is 0. The zero-order valence-corrected chi connectivity index (χ0v) is 16.3. The van der Waals surface area contributed by atoms with Crippen molar-refractivity contribution >= 4 is 97.9 Å². The van der Waals surface area contributed by atoms with Crippen molar-refractivity contribution in [2.75, 3.05) is 11.2 Å². The molecule has 0 aliphatic heterocycles.